The number of methoxy groups -OCH3 is 1. The molecule has 0 bridgehead atoms. The number of pyridine rings is 2. The van der Waals surface area contributed by atoms with Crippen molar-refractivity contribution in [2.45, 2.75) is 25.2 Å². The average Bonchev–Trinajstić information content (AvgIpc) is 3.49. The normalized spacial score (nSPS) is 15.4. The molecule has 1 aromatic carbocycles. The molecule has 4 heterocycles. The number of aromatic amines is 1. The molecule has 0 atom stereocenters. The van der Waals surface area contributed by atoms with Crippen LogP contribution in [0, 0.1) is 0 Å². The zero-order valence-corrected chi connectivity index (χ0v) is 20.9. The highest BCUT2D eigenvalue weighted by molar-refractivity contribution is 5.93. The van der Waals surface area contributed by atoms with Gasteiger partial charge >= 0.3 is 0 Å². The summed E-state index contributed by atoms with van der Waals surface area (Å²) in [6.45, 7) is 1.88. The summed E-state index contributed by atoms with van der Waals surface area (Å²) in [5.41, 5.74) is 9.09. The molecule has 4 aromatic rings. The molecule has 1 amide bonds. The molecule has 1 aliphatic heterocycles. The number of aryl methyl sites for hydroxylation is 1. The van der Waals surface area contributed by atoms with Crippen molar-refractivity contribution in [1.29, 1.82) is 0 Å². The minimum Gasteiger partial charge on any atom is -0.494 e. The number of likely N-dealkylation sites (tertiary alicyclic amines) is 1. The number of rotatable bonds is 6. The van der Waals surface area contributed by atoms with Crippen LogP contribution in [-0.4, -0.2) is 76.7 Å². The average molecular weight is 483 g/mol. The van der Waals surface area contributed by atoms with Crippen LogP contribution in [0.4, 0.5) is 0 Å². The second-order valence-corrected chi connectivity index (χ2v) is 10.0. The SMILES string of the molecule is COc1cc2[nH]nc(-c3ccc(C4CN(C(=O)CN(C)C)C4)nc3)c2nc1-c1cccc2c1CCC2. The van der Waals surface area contributed by atoms with Crippen LogP contribution in [0.1, 0.15) is 29.2 Å². The lowest BCUT2D eigenvalue weighted by molar-refractivity contribution is -0.136. The third kappa shape index (κ3) is 3.91. The highest BCUT2D eigenvalue weighted by atomic mass is 16.5. The lowest BCUT2D eigenvalue weighted by Crippen LogP contribution is -2.51. The molecule has 36 heavy (non-hydrogen) atoms. The van der Waals surface area contributed by atoms with Crippen LogP contribution < -0.4 is 4.74 Å². The molecule has 8 nitrogen and oxygen atoms in total. The molecule has 1 saturated heterocycles. The van der Waals surface area contributed by atoms with E-state index in [1.54, 1.807) is 7.11 Å². The first-order valence-corrected chi connectivity index (χ1v) is 12.4. The van der Waals surface area contributed by atoms with E-state index in [1.165, 1.54) is 17.5 Å². The number of fused-ring (bicyclic) bond motifs is 2. The fraction of sp³-hybridized carbons (Fsp3) is 0.357. The van der Waals surface area contributed by atoms with E-state index in [9.17, 15) is 4.79 Å². The summed E-state index contributed by atoms with van der Waals surface area (Å²) < 4.78 is 5.74. The van der Waals surface area contributed by atoms with Gasteiger partial charge in [0.25, 0.3) is 0 Å². The third-order valence-corrected chi connectivity index (χ3v) is 7.28. The Balaban J connectivity index is 1.29. The Morgan fingerprint density at radius 3 is 2.78 bits per heavy atom. The molecule has 0 saturated carbocycles. The topological polar surface area (TPSA) is 87.2 Å². The van der Waals surface area contributed by atoms with E-state index < -0.39 is 0 Å². The molecular weight excluding hydrogens is 452 g/mol. The molecule has 1 N–H and O–H groups in total. The largest absolute Gasteiger partial charge is 0.494 e. The number of benzene rings is 1. The fourth-order valence-corrected chi connectivity index (χ4v) is 5.35. The molecule has 1 fully saturated rings. The van der Waals surface area contributed by atoms with Crippen molar-refractivity contribution in [1.82, 2.24) is 30.0 Å². The molecule has 184 valence electrons. The van der Waals surface area contributed by atoms with Gasteiger partial charge in [0.1, 0.15) is 22.7 Å². The number of carbonyl (C=O) groups excluding carboxylic acids is 1. The number of hydrogen-bond donors (Lipinski definition) is 1. The van der Waals surface area contributed by atoms with Gasteiger partial charge in [-0.05, 0) is 56.6 Å². The summed E-state index contributed by atoms with van der Waals surface area (Å²) >= 11 is 0. The van der Waals surface area contributed by atoms with Gasteiger partial charge in [0, 0.05) is 48.1 Å². The summed E-state index contributed by atoms with van der Waals surface area (Å²) in [5, 5.41) is 7.70. The third-order valence-electron chi connectivity index (χ3n) is 7.28. The summed E-state index contributed by atoms with van der Waals surface area (Å²) in [5.74, 6) is 1.18. The number of ether oxygens (including phenoxy) is 1. The summed E-state index contributed by atoms with van der Waals surface area (Å²) in [7, 11) is 5.51. The Kier molecular flexibility index (Phi) is 5.68. The van der Waals surface area contributed by atoms with Crippen molar-refractivity contribution in [2.24, 2.45) is 0 Å². The number of carbonyl (C=O) groups is 1. The highest BCUT2D eigenvalue weighted by Gasteiger charge is 2.32. The van der Waals surface area contributed by atoms with Crippen molar-refractivity contribution < 1.29 is 9.53 Å². The van der Waals surface area contributed by atoms with Crippen molar-refractivity contribution in [3.05, 3.63) is 59.4 Å². The first-order valence-electron chi connectivity index (χ1n) is 12.4. The Bertz CT molecular complexity index is 1440. The van der Waals surface area contributed by atoms with E-state index in [-0.39, 0.29) is 11.8 Å². The minimum absolute atomic E-state index is 0.164. The molecule has 2 aliphatic rings. The predicted octanol–water partition coefficient (Wildman–Crippen LogP) is 3.67. The molecule has 3 aromatic heterocycles. The van der Waals surface area contributed by atoms with E-state index in [2.05, 4.69) is 28.4 Å². The van der Waals surface area contributed by atoms with Crippen LogP contribution in [-0.2, 0) is 17.6 Å². The van der Waals surface area contributed by atoms with Gasteiger partial charge in [-0.15, -0.1) is 0 Å². The summed E-state index contributed by atoms with van der Waals surface area (Å²) in [6.07, 6.45) is 5.22. The number of nitrogens with zero attached hydrogens (tertiary/aromatic N) is 5. The maximum atomic E-state index is 12.2. The molecule has 1 aliphatic carbocycles. The molecular formula is C28H30N6O2. The van der Waals surface area contributed by atoms with Crippen molar-refractivity contribution in [3.63, 3.8) is 0 Å². The first-order chi connectivity index (χ1) is 17.5. The van der Waals surface area contributed by atoms with Crippen LogP contribution in [0.3, 0.4) is 0 Å². The van der Waals surface area contributed by atoms with Gasteiger partial charge in [-0.3, -0.25) is 14.9 Å². The van der Waals surface area contributed by atoms with Gasteiger partial charge in [0.05, 0.1) is 19.2 Å². The zero-order chi connectivity index (χ0) is 24.8. The van der Waals surface area contributed by atoms with E-state index in [0.717, 1.165) is 70.9 Å². The minimum atomic E-state index is 0.164. The van der Waals surface area contributed by atoms with Crippen LogP contribution in [0.25, 0.3) is 33.5 Å². The maximum absolute atomic E-state index is 12.2. The lowest BCUT2D eigenvalue weighted by Gasteiger charge is -2.39. The molecule has 8 heteroatoms. The standard InChI is InChI=1S/C28H30N6O2/c1-33(2)16-25(35)34-14-19(15-34)22-11-10-18(13-29-22)26-28-23(31-32-26)12-24(36-3)27(30-28)21-9-5-7-17-6-4-8-20(17)21/h5,7,9-13,19H,4,6,8,14-16H2,1-3H3,(H,31,32). The Morgan fingerprint density at radius 2 is 2.03 bits per heavy atom. The number of amides is 1. The summed E-state index contributed by atoms with van der Waals surface area (Å²) in [4.78, 5) is 25.8. The van der Waals surface area contributed by atoms with Crippen LogP contribution in [0.15, 0.2) is 42.6 Å². The van der Waals surface area contributed by atoms with Crippen molar-refractivity contribution in [3.8, 4) is 28.3 Å². The second-order valence-electron chi connectivity index (χ2n) is 10.0. The van der Waals surface area contributed by atoms with Gasteiger partial charge in [-0.2, -0.15) is 5.10 Å². The van der Waals surface area contributed by atoms with E-state index >= 15 is 0 Å². The molecule has 0 unspecified atom stereocenters. The zero-order valence-electron chi connectivity index (χ0n) is 20.9. The number of hydrogen-bond acceptors (Lipinski definition) is 6. The van der Waals surface area contributed by atoms with Crippen LogP contribution in [0.5, 0.6) is 5.75 Å². The van der Waals surface area contributed by atoms with Gasteiger partial charge in [-0.1, -0.05) is 18.2 Å². The van der Waals surface area contributed by atoms with Crippen molar-refractivity contribution in [2.75, 3.05) is 40.8 Å². The lowest BCUT2D eigenvalue weighted by atomic mass is 9.95. The number of aromatic nitrogens is 4. The Labute approximate surface area is 210 Å². The summed E-state index contributed by atoms with van der Waals surface area (Å²) in [6, 6.07) is 12.5. The first kappa shape index (κ1) is 22.7. The van der Waals surface area contributed by atoms with E-state index in [4.69, 9.17) is 14.7 Å². The number of likely N-dealkylation sites (N-methyl/N-ethyl adjacent to an activating group) is 1. The van der Waals surface area contributed by atoms with Gasteiger partial charge < -0.3 is 14.5 Å². The number of nitrogens with one attached hydrogen (secondary N) is 1. The van der Waals surface area contributed by atoms with E-state index in [1.807, 2.05) is 48.3 Å². The second kappa shape index (κ2) is 9.02. The monoisotopic (exact) mass is 482 g/mol. The smallest absolute Gasteiger partial charge is 0.236 e. The van der Waals surface area contributed by atoms with E-state index in [0.29, 0.717) is 6.54 Å². The van der Waals surface area contributed by atoms with Crippen molar-refractivity contribution >= 4 is 16.9 Å². The maximum Gasteiger partial charge on any atom is 0.236 e. The molecule has 6 rings (SSSR count). The van der Waals surface area contributed by atoms with Gasteiger partial charge in [-0.25, -0.2) is 4.98 Å². The molecule has 0 spiro atoms. The van der Waals surface area contributed by atoms with Crippen LogP contribution in [0.2, 0.25) is 0 Å². The fourth-order valence-electron chi connectivity index (χ4n) is 5.35. The molecule has 0 radical (unpaired) electrons. The highest BCUT2D eigenvalue weighted by Crippen LogP contribution is 2.39. The quantitative estimate of drug-likeness (QED) is 0.451. The Morgan fingerprint density at radius 1 is 1.17 bits per heavy atom. The Hall–Kier alpha value is -3.78. The predicted molar refractivity (Wildman–Crippen MR) is 139 cm³/mol. The van der Waals surface area contributed by atoms with Gasteiger partial charge in [0.15, 0.2) is 0 Å². The van der Waals surface area contributed by atoms with Crippen LogP contribution >= 0.6 is 0 Å². The number of H-pyrrole nitrogens is 1. The van der Waals surface area contributed by atoms with Gasteiger partial charge in [0.2, 0.25) is 5.91 Å².